The third-order valence-corrected chi connectivity index (χ3v) is 3.59. The average Bonchev–Trinajstić information content (AvgIpc) is 2.49. The van der Waals surface area contributed by atoms with Crippen molar-refractivity contribution in [2.45, 2.75) is 26.3 Å². The number of carboxylic acid groups (broad SMARTS) is 1. The van der Waals surface area contributed by atoms with E-state index in [1.807, 2.05) is 25.4 Å². The molecule has 14 heavy (non-hydrogen) atoms. The minimum absolute atomic E-state index is 0.812. The molecule has 0 saturated carbocycles. The Labute approximate surface area is 88.0 Å². The zero-order valence-corrected chi connectivity index (χ0v) is 9.68. The summed E-state index contributed by atoms with van der Waals surface area (Å²) in [5.41, 5.74) is 0.252. The number of hydrogen-bond donors (Lipinski definition) is 1. The van der Waals surface area contributed by atoms with Crippen molar-refractivity contribution in [3.05, 3.63) is 17.0 Å². The van der Waals surface area contributed by atoms with Crippen LogP contribution in [0.4, 0.5) is 5.00 Å². The van der Waals surface area contributed by atoms with Crippen LogP contribution >= 0.6 is 11.3 Å². The van der Waals surface area contributed by atoms with Crippen molar-refractivity contribution in [2.24, 2.45) is 0 Å². The third kappa shape index (κ3) is 1.75. The summed E-state index contributed by atoms with van der Waals surface area (Å²) in [4.78, 5) is 12.8. The number of thiophene rings is 1. The highest BCUT2D eigenvalue weighted by Crippen LogP contribution is 2.30. The molecule has 3 nitrogen and oxygen atoms in total. The predicted molar refractivity (Wildman–Crippen MR) is 59.2 cm³/mol. The van der Waals surface area contributed by atoms with Crippen LogP contribution in [0.1, 0.15) is 19.4 Å². The van der Waals surface area contributed by atoms with Crippen LogP contribution in [-0.2, 0) is 4.79 Å². The lowest BCUT2D eigenvalue weighted by molar-refractivity contribution is -0.141. The molecule has 78 valence electrons. The Balaban J connectivity index is 3.02. The summed E-state index contributed by atoms with van der Waals surface area (Å²) < 4.78 is 0. The second-order valence-electron chi connectivity index (χ2n) is 3.83. The van der Waals surface area contributed by atoms with Gasteiger partial charge in [0.15, 0.2) is 0 Å². The first kappa shape index (κ1) is 11.0. The Morgan fingerprint density at radius 2 is 2.14 bits per heavy atom. The van der Waals surface area contributed by atoms with E-state index in [0.717, 1.165) is 10.6 Å². The fourth-order valence-corrected chi connectivity index (χ4v) is 2.15. The van der Waals surface area contributed by atoms with Crippen molar-refractivity contribution in [3.8, 4) is 0 Å². The molecule has 0 unspecified atom stereocenters. The van der Waals surface area contributed by atoms with Crippen LogP contribution in [-0.4, -0.2) is 23.7 Å². The molecule has 1 N–H and O–H groups in total. The minimum Gasteiger partial charge on any atom is -0.480 e. The Morgan fingerprint density at radius 3 is 2.50 bits per heavy atom. The molecule has 0 fully saturated rings. The van der Waals surface area contributed by atoms with Crippen LogP contribution in [0.2, 0.25) is 0 Å². The highest BCUT2D eigenvalue weighted by Gasteiger charge is 2.33. The number of carboxylic acids is 1. The van der Waals surface area contributed by atoms with Gasteiger partial charge in [-0.25, -0.2) is 4.79 Å². The van der Waals surface area contributed by atoms with Crippen LogP contribution in [0.5, 0.6) is 0 Å². The Bertz CT molecular complexity index is 344. The first-order valence-electron chi connectivity index (χ1n) is 4.38. The second-order valence-corrected chi connectivity index (χ2v) is 4.73. The number of likely N-dealkylation sites (N-methyl/N-ethyl adjacent to an activating group) is 1. The summed E-state index contributed by atoms with van der Waals surface area (Å²) in [6.07, 6.45) is 0. The second kappa shape index (κ2) is 3.61. The fourth-order valence-electron chi connectivity index (χ4n) is 1.11. The SMILES string of the molecule is Cc1ccsc1N(C)C(C)(C)C(=O)O. The molecule has 0 saturated heterocycles. The molecule has 4 heteroatoms. The van der Waals surface area contributed by atoms with E-state index in [2.05, 4.69) is 0 Å². The number of carbonyl (C=O) groups is 1. The lowest BCUT2D eigenvalue weighted by atomic mass is 10.0. The molecule has 0 aliphatic carbocycles. The van der Waals surface area contributed by atoms with Gasteiger partial charge in [-0.2, -0.15) is 0 Å². The number of aliphatic carboxylic acids is 1. The van der Waals surface area contributed by atoms with Gasteiger partial charge in [0.2, 0.25) is 0 Å². The first-order chi connectivity index (χ1) is 6.37. The molecule has 1 heterocycles. The summed E-state index contributed by atoms with van der Waals surface area (Å²) in [6.45, 7) is 5.39. The van der Waals surface area contributed by atoms with Crippen molar-refractivity contribution in [3.63, 3.8) is 0 Å². The molecular formula is C10H15NO2S. The van der Waals surface area contributed by atoms with Crippen LogP contribution in [0.25, 0.3) is 0 Å². The Morgan fingerprint density at radius 1 is 1.57 bits per heavy atom. The first-order valence-corrected chi connectivity index (χ1v) is 5.26. The molecule has 1 aromatic rings. The van der Waals surface area contributed by atoms with Crippen molar-refractivity contribution in [2.75, 3.05) is 11.9 Å². The van der Waals surface area contributed by atoms with Crippen molar-refractivity contribution >= 4 is 22.3 Å². The van der Waals surface area contributed by atoms with Gasteiger partial charge in [0.05, 0.1) is 5.00 Å². The number of nitrogens with zero attached hydrogens (tertiary/aromatic N) is 1. The summed E-state index contributed by atoms with van der Waals surface area (Å²) in [5.74, 6) is -0.812. The van der Waals surface area contributed by atoms with Crippen LogP contribution in [0.15, 0.2) is 11.4 Å². The van der Waals surface area contributed by atoms with Gasteiger partial charge in [0.25, 0.3) is 0 Å². The highest BCUT2D eigenvalue weighted by atomic mass is 32.1. The van der Waals surface area contributed by atoms with Gasteiger partial charge in [-0.3, -0.25) is 0 Å². The van der Waals surface area contributed by atoms with E-state index in [9.17, 15) is 4.79 Å². The number of anilines is 1. The van der Waals surface area contributed by atoms with Gasteiger partial charge in [0, 0.05) is 7.05 Å². The maximum atomic E-state index is 11.0. The molecule has 0 aliphatic rings. The molecule has 0 spiro atoms. The van der Waals surface area contributed by atoms with E-state index < -0.39 is 11.5 Å². The van der Waals surface area contributed by atoms with Crippen LogP contribution in [0, 0.1) is 6.92 Å². The van der Waals surface area contributed by atoms with Gasteiger partial charge in [0.1, 0.15) is 5.54 Å². The van der Waals surface area contributed by atoms with Gasteiger partial charge in [-0.05, 0) is 37.8 Å². The molecular weight excluding hydrogens is 198 g/mol. The van der Waals surface area contributed by atoms with E-state index >= 15 is 0 Å². The van der Waals surface area contributed by atoms with E-state index in [4.69, 9.17) is 5.11 Å². The van der Waals surface area contributed by atoms with Crippen LogP contribution in [0.3, 0.4) is 0 Å². The third-order valence-electron chi connectivity index (χ3n) is 2.50. The molecule has 0 radical (unpaired) electrons. The largest absolute Gasteiger partial charge is 0.480 e. The van der Waals surface area contributed by atoms with Crippen molar-refractivity contribution < 1.29 is 9.90 Å². The average molecular weight is 213 g/mol. The maximum absolute atomic E-state index is 11.0. The number of hydrogen-bond acceptors (Lipinski definition) is 3. The van der Waals surface area contributed by atoms with Gasteiger partial charge >= 0.3 is 5.97 Å². The maximum Gasteiger partial charge on any atom is 0.328 e. The molecule has 0 aliphatic heterocycles. The summed E-state index contributed by atoms with van der Waals surface area (Å²) >= 11 is 1.56. The summed E-state index contributed by atoms with van der Waals surface area (Å²) in [6, 6.07) is 1.99. The van der Waals surface area contributed by atoms with Crippen molar-refractivity contribution in [1.29, 1.82) is 0 Å². The monoisotopic (exact) mass is 213 g/mol. The van der Waals surface area contributed by atoms with Gasteiger partial charge in [-0.1, -0.05) is 0 Å². The number of aryl methyl sites for hydroxylation is 1. The van der Waals surface area contributed by atoms with E-state index in [1.165, 1.54) is 0 Å². The topological polar surface area (TPSA) is 40.5 Å². The predicted octanol–water partition coefficient (Wildman–Crippen LogP) is 2.36. The fraction of sp³-hybridized carbons (Fsp3) is 0.500. The summed E-state index contributed by atoms with van der Waals surface area (Å²) in [7, 11) is 1.81. The zero-order chi connectivity index (χ0) is 10.9. The molecule has 0 aromatic carbocycles. The van der Waals surface area contributed by atoms with Crippen molar-refractivity contribution in [1.82, 2.24) is 0 Å². The quantitative estimate of drug-likeness (QED) is 0.838. The van der Waals surface area contributed by atoms with E-state index in [0.29, 0.717) is 0 Å². The lowest BCUT2D eigenvalue weighted by Gasteiger charge is -2.32. The summed E-state index contributed by atoms with van der Waals surface area (Å²) in [5, 5.41) is 12.0. The van der Waals surface area contributed by atoms with E-state index in [1.54, 1.807) is 30.1 Å². The highest BCUT2D eigenvalue weighted by molar-refractivity contribution is 7.14. The molecule has 1 rings (SSSR count). The molecule has 0 bridgehead atoms. The normalized spacial score (nSPS) is 11.4. The van der Waals surface area contributed by atoms with E-state index in [-0.39, 0.29) is 0 Å². The van der Waals surface area contributed by atoms with Gasteiger partial charge in [-0.15, -0.1) is 11.3 Å². The standard InChI is InChI=1S/C10H15NO2S/c1-7-5-6-14-8(7)11(4)10(2,3)9(12)13/h5-6H,1-4H3,(H,12,13). The van der Waals surface area contributed by atoms with Gasteiger partial charge < -0.3 is 10.0 Å². The minimum atomic E-state index is -0.865. The molecule has 0 amide bonds. The number of rotatable bonds is 3. The lowest BCUT2D eigenvalue weighted by Crippen LogP contribution is -2.48. The molecule has 1 aromatic heterocycles. The smallest absolute Gasteiger partial charge is 0.328 e. The Hall–Kier alpha value is -1.03. The Kier molecular flexibility index (Phi) is 2.85. The van der Waals surface area contributed by atoms with Crippen LogP contribution < -0.4 is 4.90 Å². The molecule has 0 atom stereocenters. The zero-order valence-electron chi connectivity index (χ0n) is 8.87.